The number of hydrogen-bond acceptors (Lipinski definition) is 15. The van der Waals surface area contributed by atoms with E-state index in [1.807, 2.05) is 206 Å². The minimum Gasteiger partial charge on any atom is -0.456 e. The molecule has 696 valence electrons. The first-order chi connectivity index (χ1) is 74.1. The Morgan fingerprint density at radius 3 is 0.873 bits per heavy atom. The Kier molecular flexibility index (Phi) is 16.2. The summed E-state index contributed by atoms with van der Waals surface area (Å²) in [6.07, 6.45) is 0. The third kappa shape index (κ3) is 11.1. The van der Waals surface area contributed by atoms with Gasteiger partial charge in [-0.3, -0.25) is 13.7 Å². The van der Waals surface area contributed by atoms with Crippen LogP contribution in [0.2, 0.25) is 0 Å². The summed E-state index contributed by atoms with van der Waals surface area (Å²) in [5.74, 6) is 5.40. The van der Waals surface area contributed by atoms with Crippen molar-refractivity contribution in [2.75, 3.05) is 0 Å². The van der Waals surface area contributed by atoms with Crippen LogP contribution in [0, 0.1) is 0 Å². The van der Waals surface area contributed by atoms with E-state index >= 15 is 0 Å². The highest BCUT2D eigenvalue weighted by atomic mass is 16.4. The summed E-state index contributed by atoms with van der Waals surface area (Å²) >= 11 is 0. The number of fused-ring (bicyclic) bond motifs is 13. The van der Waals surface area contributed by atoms with Gasteiger partial charge in [0.1, 0.15) is 67.0 Å². The molecule has 0 aliphatic heterocycles. The van der Waals surface area contributed by atoms with E-state index in [1.54, 1.807) is 0 Å². The molecule has 12 aromatic heterocycles. The number of furan rings is 6. The van der Waals surface area contributed by atoms with Gasteiger partial charge in [-0.15, -0.1) is 0 Å². The average Bonchev–Trinajstić information content (AvgIpc) is 1.50. The van der Waals surface area contributed by atoms with Gasteiger partial charge < -0.3 is 26.5 Å². The zero-order valence-corrected chi connectivity index (χ0v) is 79.9. The molecule has 0 amide bonds. The molecule has 0 saturated heterocycles. The lowest BCUT2D eigenvalue weighted by Gasteiger charge is -2.21. The highest BCUT2D eigenvalue weighted by molar-refractivity contribution is 6.45. The molecule has 23 aromatic carbocycles. The first-order valence-corrected chi connectivity index (χ1v) is 50.4. The predicted octanol–water partition coefficient (Wildman–Crippen LogP) is 34.5. The first kappa shape index (κ1) is 81.1. The number of aromatic nitrogens is 12. The van der Waals surface area contributed by atoms with Gasteiger partial charge in [-0.1, -0.05) is 305 Å². The Labute approximate surface area is 847 Å². The summed E-state index contributed by atoms with van der Waals surface area (Å²) in [5, 5.41) is 31.5. The van der Waals surface area contributed by atoms with Crippen LogP contribution in [0.4, 0.5) is 0 Å². The van der Waals surface area contributed by atoms with Crippen LogP contribution in [-0.2, 0) is 5.41 Å². The molecule has 1 aliphatic carbocycles. The minimum absolute atomic E-state index is 0.164. The van der Waals surface area contributed by atoms with Crippen LogP contribution in [-0.4, -0.2) is 58.6 Å². The van der Waals surface area contributed by atoms with Crippen LogP contribution in [0.5, 0.6) is 0 Å². The van der Waals surface area contributed by atoms with E-state index in [2.05, 4.69) is 222 Å². The SMILES string of the molecule is CC1(C)c2ccc3oc4ccc5c6c4c3c2c2c1ccc1oc3ccc(c6c3c12)n5-c1nc(-c2ccccc2)nc(-c2ccccc2)n1.c1ccc(-c2nc(-c3ccccc3)nc(-n3c4cccc5c6cc7c(cc6c6cccc8oc9ccc3c(c9c86)c54)oc3ccccc37)n2)cc1.c1ccc(-c2nc(-c3ccccc3)nc(-n3c4cccc5c6ccccc6c6cc7oc8ccccc8c7c7oc8ccc3c(c8c67)c54)n2)cc1. The van der Waals surface area contributed by atoms with E-state index in [0.29, 0.717) is 52.8 Å². The van der Waals surface area contributed by atoms with Gasteiger partial charge in [-0.05, 0) is 174 Å². The van der Waals surface area contributed by atoms with E-state index in [9.17, 15) is 0 Å². The molecule has 0 radical (unpaired) electrons. The normalized spacial score (nSPS) is 12.9. The van der Waals surface area contributed by atoms with Crippen molar-refractivity contribution < 1.29 is 26.5 Å². The fraction of sp³-hybridized carbons (Fsp3) is 0.0227. The van der Waals surface area contributed by atoms with Crippen LogP contribution in [0.3, 0.4) is 0 Å². The van der Waals surface area contributed by atoms with Gasteiger partial charge >= 0.3 is 0 Å². The summed E-state index contributed by atoms with van der Waals surface area (Å²) in [6, 6.07) is 138. The fourth-order valence-corrected chi connectivity index (χ4v) is 25.2. The molecular weight excluding hydrogens is 1850 g/mol. The van der Waals surface area contributed by atoms with Gasteiger partial charge in [-0.2, -0.15) is 29.9 Å². The van der Waals surface area contributed by atoms with E-state index < -0.39 is 0 Å². The summed E-state index contributed by atoms with van der Waals surface area (Å²) in [4.78, 5) is 46.1. The lowest BCUT2D eigenvalue weighted by Crippen LogP contribution is -2.15. The maximum absolute atomic E-state index is 6.93. The van der Waals surface area contributed by atoms with Crippen molar-refractivity contribution in [1.29, 1.82) is 0 Å². The Balaban J connectivity index is 0.0000000957. The number of nitrogens with zero attached hydrogens (tertiary/aromatic N) is 12. The summed E-state index contributed by atoms with van der Waals surface area (Å²) in [7, 11) is 0. The van der Waals surface area contributed by atoms with E-state index in [1.165, 1.54) is 32.7 Å². The minimum atomic E-state index is -0.164. The van der Waals surface area contributed by atoms with Crippen LogP contribution >= 0.6 is 0 Å². The van der Waals surface area contributed by atoms with Gasteiger partial charge in [0.2, 0.25) is 17.8 Å². The Hall–Kier alpha value is -20.4. The van der Waals surface area contributed by atoms with Crippen LogP contribution in [0.25, 0.3) is 337 Å². The molecule has 0 atom stereocenters. The van der Waals surface area contributed by atoms with Gasteiger partial charge in [0.05, 0.1) is 38.5 Å². The zero-order valence-electron chi connectivity index (χ0n) is 79.9. The van der Waals surface area contributed by atoms with E-state index in [4.69, 9.17) is 71.4 Å². The smallest absolute Gasteiger partial charge is 0.238 e. The fourth-order valence-electron chi connectivity index (χ4n) is 25.2. The predicted molar refractivity (Wildman–Crippen MR) is 603 cm³/mol. The molecule has 150 heavy (non-hydrogen) atoms. The molecule has 18 heteroatoms. The third-order valence-electron chi connectivity index (χ3n) is 31.6. The zero-order chi connectivity index (χ0) is 97.9. The third-order valence-corrected chi connectivity index (χ3v) is 31.6. The van der Waals surface area contributed by atoms with Gasteiger partial charge in [0.15, 0.2) is 34.9 Å². The molecule has 0 saturated carbocycles. The standard InChI is InChI=1S/2C45H24N4O2.C42H24N4O2/c1-3-11-25(12-4-1)43-46-44(26-13-5-2-6-14-26)48-45(47-43)49-33-18-9-16-28-30-23-32-27-15-7-8-19-35(27)50-38(32)24-31(30)29-17-10-20-36-40(29)42-37(51-36)22-21-34(49)41(42)39(28)33;1-3-12-25(13-4-1)43-46-44(26-14-5-2-6-15-26)48-45(47-43)49-32-20-11-19-29-27-16-7-8-17-28(27)31-24-36-38(30-18-9-10-21-34(30)50-36)42-39(31)41-35(51-42)23-22-33(49)40(41)37(29)32;1-42(2)23-13-17-27-35-31(23)32-24(42)14-18-28-36(32)38-30(48-28)20-16-26-34(38)33-25(15-19-29(47-27)37(33)35)46(26)41-44-39(21-9-5-3-6-10-21)43-40(45-41)22-11-7-4-8-12-22/h2*1-24H;3-20H,1-2H3. The lowest BCUT2D eigenvalue weighted by molar-refractivity contribution is 0.655. The highest BCUT2D eigenvalue weighted by Crippen LogP contribution is 2.59. The molecule has 0 spiro atoms. The van der Waals surface area contributed by atoms with Crippen molar-refractivity contribution in [1.82, 2.24) is 58.6 Å². The quantitative estimate of drug-likeness (QED) is 0.132. The topological polar surface area (TPSA) is 210 Å². The second-order valence-electron chi connectivity index (χ2n) is 39.9. The first-order valence-electron chi connectivity index (χ1n) is 50.4. The molecule has 36 rings (SSSR count). The molecule has 0 bridgehead atoms. The maximum Gasteiger partial charge on any atom is 0.238 e. The van der Waals surface area contributed by atoms with Crippen LogP contribution in [0.1, 0.15) is 25.0 Å². The molecule has 35 aromatic rings. The second-order valence-corrected chi connectivity index (χ2v) is 39.9. The molecular formula is C132H72N12O6. The Bertz CT molecular complexity index is 11500. The summed E-state index contributed by atoms with van der Waals surface area (Å²) in [5.41, 5.74) is 24.4. The van der Waals surface area contributed by atoms with Crippen molar-refractivity contribution in [3.63, 3.8) is 0 Å². The molecule has 0 N–H and O–H groups in total. The van der Waals surface area contributed by atoms with E-state index in [-0.39, 0.29) is 5.41 Å². The molecule has 0 fully saturated rings. The molecule has 1 aliphatic rings. The number of para-hydroxylation sites is 2. The number of rotatable bonds is 9. The maximum atomic E-state index is 6.93. The monoisotopic (exact) mass is 1920 g/mol. The Morgan fingerprint density at radius 1 is 0.160 bits per heavy atom. The van der Waals surface area contributed by atoms with Gasteiger partial charge in [0.25, 0.3) is 0 Å². The van der Waals surface area contributed by atoms with Gasteiger partial charge in [0, 0.05) is 130 Å². The van der Waals surface area contributed by atoms with Crippen molar-refractivity contribution in [3.8, 4) is 86.2 Å². The summed E-state index contributed by atoms with van der Waals surface area (Å²) in [6.45, 7) is 4.67. The molecule has 18 nitrogen and oxygen atoms in total. The molecule has 0 unspecified atom stereocenters. The van der Waals surface area contributed by atoms with Gasteiger partial charge in [-0.25, -0.2) is 15.0 Å². The largest absolute Gasteiger partial charge is 0.456 e. The van der Waals surface area contributed by atoms with Crippen LogP contribution in [0.15, 0.2) is 427 Å². The Morgan fingerprint density at radius 2 is 0.440 bits per heavy atom. The van der Waals surface area contributed by atoms with Crippen molar-refractivity contribution in [2.24, 2.45) is 0 Å². The van der Waals surface area contributed by atoms with Crippen molar-refractivity contribution in [2.45, 2.75) is 19.3 Å². The average molecular weight is 1920 g/mol. The van der Waals surface area contributed by atoms with Crippen molar-refractivity contribution in [3.05, 3.63) is 412 Å². The lowest BCUT2D eigenvalue weighted by atomic mass is 9.81. The second kappa shape index (κ2) is 29.9. The van der Waals surface area contributed by atoms with Crippen molar-refractivity contribution >= 4 is 251 Å². The van der Waals surface area contributed by atoms with Crippen LogP contribution < -0.4 is 0 Å². The summed E-state index contributed by atoms with van der Waals surface area (Å²) < 4.78 is 46.4. The van der Waals surface area contributed by atoms with E-state index in [0.717, 1.165) is 263 Å². The highest BCUT2D eigenvalue weighted by Gasteiger charge is 2.40. The molecule has 12 heterocycles. The number of hydrogen-bond donors (Lipinski definition) is 0. The number of benzene rings is 20.